The lowest BCUT2D eigenvalue weighted by Gasteiger charge is -2.19. The Labute approximate surface area is 92.7 Å². The average Bonchev–Trinajstić information content (AvgIpc) is 2.30. The van der Waals surface area contributed by atoms with E-state index in [1.165, 1.54) is 38.5 Å². The molecule has 1 aromatic rings. The molecule has 0 atom stereocenters. The van der Waals surface area contributed by atoms with Crippen molar-refractivity contribution in [3.63, 3.8) is 0 Å². The summed E-state index contributed by atoms with van der Waals surface area (Å²) in [6.07, 6.45) is 8.96. The zero-order valence-electron chi connectivity index (χ0n) is 9.47. The van der Waals surface area contributed by atoms with Crippen LogP contribution in [0.4, 0.5) is 0 Å². The van der Waals surface area contributed by atoms with E-state index in [-0.39, 0.29) is 0 Å². The van der Waals surface area contributed by atoms with E-state index < -0.39 is 0 Å². The van der Waals surface area contributed by atoms with Gasteiger partial charge in [0, 0.05) is 0 Å². The highest BCUT2D eigenvalue weighted by Crippen LogP contribution is 2.25. The van der Waals surface area contributed by atoms with Crippen LogP contribution in [0.2, 0.25) is 0 Å². The number of benzene rings is 1. The third-order valence-corrected chi connectivity index (χ3v) is 3.39. The first kappa shape index (κ1) is 10.7. The van der Waals surface area contributed by atoms with Crippen LogP contribution in [0, 0.1) is 0 Å². The number of rotatable bonds is 4. The highest BCUT2D eigenvalue weighted by atomic mass is 14.5. The van der Waals surface area contributed by atoms with Crippen molar-refractivity contribution in [2.24, 2.45) is 5.73 Å². The van der Waals surface area contributed by atoms with E-state index in [9.17, 15) is 0 Å². The normalized spacial score (nSPS) is 15.0. The second kappa shape index (κ2) is 5.32. The van der Waals surface area contributed by atoms with Gasteiger partial charge in [-0.15, -0.1) is 0 Å². The van der Waals surface area contributed by atoms with Gasteiger partial charge in [-0.2, -0.15) is 0 Å². The summed E-state index contributed by atoms with van der Waals surface area (Å²) in [5.41, 5.74) is 10.4. The fourth-order valence-electron chi connectivity index (χ4n) is 2.55. The summed E-state index contributed by atoms with van der Waals surface area (Å²) in [6.45, 7) is 0.828. The van der Waals surface area contributed by atoms with Gasteiger partial charge in [0.1, 0.15) is 0 Å². The molecule has 15 heavy (non-hydrogen) atoms. The maximum atomic E-state index is 5.53. The SMILES string of the molecule is NCCCCc1cccc2c1CCCC2. The van der Waals surface area contributed by atoms with Crippen LogP contribution >= 0.6 is 0 Å². The summed E-state index contributed by atoms with van der Waals surface area (Å²) in [6, 6.07) is 6.84. The van der Waals surface area contributed by atoms with Crippen LogP contribution in [0.5, 0.6) is 0 Å². The van der Waals surface area contributed by atoms with Crippen LogP contribution < -0.4 is 5.73 Å². The monoisotopic (exact) mass is 203 g/mol. The Bertz CT molecular complexity index is 317. The van der Waals surface area contributed by atoms with Gasteiger partial charge in [-0.25, -0.2) is 0 Å². The van der Waals surface area contributed by atoms with E-state index in [1.54, 1.807) is 16.7 Å². The number of nitrogens with two attached hydrogens (primary N) is 1. The van der Waals surface area contributed by atoms with Gasteiger partial charge in [0.2, 0.25) is 0 Å². The minimum Gasteiger partial charge on any atom is -0.330 e. The zero-order chi connectivity index (χ0) is 10.5. The molecule has 0 unspecified atom stereocenters. The molecule has 0 heterocycles. The van der Waals surface area contributed by atoms with Crippen LogP contribution in [0.3, 0.4) is 0 Å². The van der Waals surface area contributed by atoms with Crippen molar-refractivity contribution in [3.05, 3.63) is 34.9 Å². The van der Waals surface area contributed by atoms with E-state index in [1.807, 2.05) is 0 Å². The second-order valence-electron chi connectivity index (χ2n) is 4.51. The van der Waals surface area contributed by atoms with Gasteiger partial charge in [-0.05, 0) is 68.2 Å². The van der Waals surface area contributed by atoms with Crippen LogP contribution in [-0.2, 0) is 19.3 Å². The van der Waals surface area contributed by atoms with Gasteiger partial charge >= 0.3 is 0 Å². The lowest BCUT2D eigenvalue weighted by molar-refractivity contribution is 0.669. The summed E-state index contributed by atoms with van der Waals surface area (Å²) >= 11 is 0. The molecule has 0 radical (unpaired) electrons. The first-order valence-electron chi connectivity index (χ1n) is 6.21. The molecule has 1 aliphatic carbocycles. The molecule has 0 spiro atoms. The quantitative estimate of drug-likeness (QED) is 0.748. The molecule has 0 aromatic heterocycles. The van der Waals surface area contributed by atoms with Crippen molar-refractivity contribution in [2.75, 3.05) is 6.54 Å². The molecule has 2 rings (SSSR count). The zero-order valence-corrected chi connectivity index (χ0v) is 9.47. The fraction of sp³-hybridized carbons (Fsp3) is 0.571. The Kier molecular flexibility index (Phi) is 3.79. The van der Waals surface area contributed by atoms with E-state index in [0.717, 1.165) is 13.0 Å². The first-order chi connectivity index (χ1) is 7.42. The van der Waals surface area contributed by atoms with Crippen LogP contribution in [0.15, 0.2) is 18.2 Å². The molecule has 0 amide bonds. The standard InChI is InChI=1S/C14H21N/c15-11-4-3-7-13-9-5-8-12-6-1-2-10-14(12)13/h5,8-9H,1-4,6-7,10-11,15H2. The molecule has 0 aliphatic heterocycles. The molecule has 0 saturated heterocycles. The Morgan fingerprint density at radius 1 is 1.07 bits per heavy atom. The minimum atomic E-state index is 0.828. The van der Waals surface area contributed by atoms with Gasteiger partial charge in [-0.1, -0.05) is 18.2 Å². The topological polar surface area (TPSA) is 26.0 Å². The number of aryl methyl sites for hydroxylation is 2. The van der Waals surface area contributed by atoms with E-state index in [4.69, 9.17) is 5.73 Å². The van der Waals surface area contributed by atoms with Crippen molar-refractivity contribution >= 4 is 0 Å². The van der Waals surface area contributed by atoms with Crippen molar-refractivity contribution in [3.8, 4) is 0 Å². The average molecular weight is 203 g/mol. The second-order valence-corrected chi connectivity index (χ2v) is 4.51. The molecule has 0 bridgehead atoms. The number of hydrogen-bond acceptors (Lipinski definition) is 1. The van der Waals surface area contributed by atoms with Gasteiger partial charge in [0.05, 0.1) is 0 Å². The lowest BCUT2D eigenvalue weighted by atomic mass is 9.87. The smallest absolute Gasteiger partial charge is 0.00772 e. The molecule has 1 heteroatoms. The first-order valence-corrected chi connectivity index (χ1v) is 6.21. The van der Waals surface area contributed by atoms with Gasteiger partial charge in [0.25, 0.3) is 0 Å². The van der Waals surface area contributed by atoms with Crippen LogP contribution in [0.25, 0.3) is 0 Å². The molecule has 82 valence electrons. The van der Waals surface area contributed by atoms with Gasteiger partial charge in [0.15, 0.2) is 0 Å². The highest BCUT2D eigenvalue weighted by Gasteiger charge is 2.11. The summed E-state index contributed by atoms with van der Waals surface area (Å²) < 4.78 is 0. The van der Waals surface area contributed by atoms with Crippen molar-refractivity contribution < 1.29 is 0 Å². The number of hydrogen-bond donors (Lipinski definition) is 1. The summed E-state index contributed by atoms with van der Waals surface area (Å²) in [7, 11) is 0. The van der Waals surface area contributed by atoms with Crippen molar-refractivity contribution in [2.45, 2.75) is 44.9 Å². The van der Waals surface area contributed by atoms with Gasteiger partial charge in [-0.3, -0.25) is 0 Å². The van der Waals surface area contributed by atoms with Crippen molar-refractivity contribution in [1.82, 2.24) is 0 Å². The predicted molar refractivity (Wildman–Crippen MR) is 65.1 cm³/mol. The predicted octanol–water partition coefficient (Wildman–Crippen LogP) is 2.85. The van der Waals surface area contributed by atoms with E-state index >= 15 is 0 Å². The molecule has 1 aliphatic rings. The maximum absolute atomic E-state index is 5.53. The van der Waals surface area contributed by atoms with E-state index in [0.29, 0.717) is 0 Å². The van der Waals surface area contributed by atoms with E-state index in [2.05, 4.69) is 18.2 Å². The summed E-state index contributed by atoms with van der Waals surface area (Å²) in [4.78, 5) is 0. The molecule has 0 fully saturated rings. The third kappa shape index (κ3) is 2.60. The van der Waals surface area contributed by atoms with Crippen LogP contribution in [-0.4, -0.2) is 6.54 Å². The Morgan fingerprint density at radius 3 is 2.80 bits per heavy atom. The third-order valence-electron chi connectivity index (χ3n) is 3.39. The molecule has 1 aromatic carbocycles. The maximum Gasteiger partial charge on any atom is -0.00772 e. The molecule has 2 N–H and O–H groups in total. The number of fused-ring (bicyclic) bond motifs is 1. The molecular formula is C14H21N. The largest absolute Gasteiger partial charge is 0.330 e. The fourth-order valence-corrected chi connectivity index (χ4v) is 2.55. The van der Waals surface area contributed by atoms with Crippen LogP contribution in [0.1, 0.15) is 42.4 Å². The minimum absolute atomic E-state index is 0.828. The molecule has 1 nitrogen and oxygen atoms in total. The Morgan fingerprint density at radius 2 is 1.93 bits per heavy atom. The number of unbranched alkanes of at least 4 members (excludes halogenated alkanes) is 1. The summed E-state index contributed by atoms with van der Waals surface area (Å²) in [5, 5.41) is 0. The lowest BCUT2D eigenvalue weighted by Crippen LogP contribution is -2.07. The summed E-state index contributed by atoms with van der Waals surface area (Å²) in [5.74, 6) is 0. The van der Waals surface area contributed by atoms with Gasteiger partial charge < -0.3 is 5.73 Å². The molecular weight excluding hydrogens is 182 g/mol. The van der Waals surface area contributed by atoms with Crippen molar-refractivity contribution in [1.29, 1.82) is 0 Å². The molecule has 0 saturated carbocycles. The highest BCUT2D eigenvalue weighted by molar-refractivity contribution is 5.37. The Hall–Kier alpha value is -0.820. The Balaban J connectivity index is 2.09.